The standard InChI is InChI=1S/C26H43N3O4/c1-9-11-15-29(22(30)17-27-25(32)33-26(6,7)8)23(24(31)28-20(5)12-10-2)21-16-18(3)13-14-19(21)4/h13-14,16,20,23H,9-12,15,17H2,1-8H3,(H,27,32)(H,28,31). The van der Waals surface area contributed by atoms with Gasteiger partial charge in [0.05, 0.1) is 0 Å². The van der Waals surface area contributed by atoms with Crippen molar-refractivity contribution in [3.05, 3.63) is 34.9 Å². The minimum Gasteiger partial charge on any atom is -0.444 e. The SMILES string of the molecule is CCCCN(C(=O)CNC(=O)OC(C)(C)C)C(C(=O)NC(C)CCC)c1cc(C)ccc1C. The van der Waals surface area contributed by atoms with Crippen LogP contribution in [0.25, 0.3) is 0 Å². The molecule has 0 bridgehead atoms. The molecule has 3 amide bonds. The topological polar surface area (TPSA) is 87.7 Å². The maximum Gasteiger partial charge on any atom is 0.408 e. The van der Waals surface area contributed by atoms with Crippen LogP contribution in [0.4, 0.5) is 4.79 Å². The van der Waals surface area contributed by atoms with Crippen molar-refractivity contribution in [2.45, 2.75) is 98.8 Å². The number of amides is 3. The Morgan fingerprint density at radius 2 is 1.76 bits per heavy atom. The van der Waals surface area contributed by atoms with Gasteiger partial charge in [-0.25, -0.2) is 4.79 Å². The maximum atomic E-state index is 13.5. The number of benzene rings is 1. The first-order chi connectivity index (χ1) is 15.4. The highest BCUT2D eigenvalue weighted by Crippen LogP contribution is 2.27. The number of hydrogen-bond acceptors (Lipinski definition) is 4. The summed E-state index contributed by atoms with van der Waals surface area (Å²) in [6.07, 6.45) is 2.77. The van der Waals surface area contributed by atoms with Gasteiger partial charge >= 0.3 is 6.09 Å². The highest BCUT2D eigenvalue weighted by atomic mass is 16.6. The fraction of sp³-hybridized carbons (Fsp3) is 0.654. The van der Waals surface area contributed by atoms with Crippen LogP contribution in [0.3, 0.4) is 0 Å². The van der Waals surface area contributed by atoms with Crippen LogP contribution >= 0.6 is 0 Å². The van der Waals surface area contributed by atoms with E-state index >= 15 is 0 Å². The minimum absolute atomic E-state index is 0.00173. The van der Waals surface area contributed by atoms with E-state index in [1.807, 2.05) is 45.9 Å². The summed E-state index contributed by atoms with van der Waals surface area (Å²) in [4.78, 5) is 40.5. The monoisotopic (exact) mass is 461 g/mol. The lowest BCUT2D eigenvalue weighted by Gasteiger charge is -2.33. The molecule has 0 heterocycles. The molecule has 0 radical (unpaired) electrons. The fourth-order valence-electron chi connectivity index (χ4n) is 3.62. The van der Waals surface area contributed by atoms with Gasteiger partial charge < -0.3 is 20.3 Å². The zero-order chi connectivity index (χ0) is 25.2. The normalized spacial score (nSPS) is 13.1. The molecule has 0 aliphatic heterocycles. The van der Waals surface area contributed by atoms with E-state index in [2.05, 4.69) is 17.6 Å². The van der Waals surface area contributed by atoms with Gasteiger partial charge in [0.2, 0.25) is 11.8 Å². The third-order valence-electron chi connectivity index (χ3n) is 5.26. The molecule has 1 aromatic rings. The van der Waals surface area contributed by atoms with E-state index in [1.54, 1.807) is 25.7 Å². The quantitative estimate of drug-likeness (QED) is 0.495. The van der Waals surface area contributed by atoms with Crippen molar-refractivity contribution in [3.8, 4) is 0 Å². The van der Waals surface area contributed by atoms with Gasteiger partial charge in [0.25, 0.3) is 0 Å². The number of nitrogens with one attached hydrogen (secondary N) is 2. The highest BCUT2D eigenvalue weighted by Gasteiger charge is 2.33. The van der Waals surface area contributed by atoms with Crippen molar-refractivity contribution in [3.63, 3.8) is 0 Å². The number of rotatable bonds is 11. The molecule has 33 heavy (non-hydrogen) atoms. The van der Waals surface area contributed by atoms with Crippen LogP contribution in [-0.4, -0.2) is 47.5 Å². The number of aryl methyl sites for hydroxylation is 2. The Kier molecular flexibility index (Phi) is 11.4. The van der Waals surface area contributed by atoms with Crippen molar-refractivity contribution < 1.29 is 19.1 Å². The molecule has 0 saturated heterocycles. The molecule has 0 aliphatic carbocycles. The van der Waals surface area contributed by atoms with Crippen molar-refractivity contribution in [2.75, 3.05) is 13.1 Å². The first-order valence-corrected chi connectivity index (χ1v) is 12.0. The van der Waals surface area contributed by atoms with Crippen LogP contribution in [0.15, 0.2) is 18.2 Å². The molecular formula is C26H43N3O4. The van der Waals surface area contributed by atoms with Crippen LogP contribution in [0.1, 0.15) is 90.0 Å². The maximum absolute atomic E-state index is 13.5. The molecule has 186 valence electrons. The minimum atomic E-state index is -0.774. The summed E-state index contributed by atoms with van der Waals surface area (Å²) >= 11 is 0. The third-order valence-corrected chi connectivity index (χ3v) is 5.26. The Morgan fingerprint density at radius 1 is 1.09 bits per heavy atom. The molecular weight excluding hydrogens is 418 g/mol. The van der Waals surface area contributed by atoms with E-state index in [1.165, 1.54) is 0 Å². The van der Waals surface area contributed by atoms with Gasteiger partial charge in [-0.15, -0.1) is 0 Å². The lowest BCUT2D eigenvalue weighted by molar-refractivity contribution is -0.140. The number of hydrogen-bond donors (Lipinski definition) is 2. The number of alkyl carbamates (subject to hydrolysis) is 1. The zero-order valence-corrected chi connectivity index (χ0v) is 21.7. The highest BCUT2D eigenvalue weighted by molar-refractivity contribution is 5.90. The molecule has 2 N–H and O–H groups in total. The van der Waals surface area contributed by atoms with E-state index < -0.39 is 17.7 Å². The molecule has 1 rings (SSSR count). The van der Waals surface area contributed by atoms with Gasteiger partial charge in [0.15, 0.2) is 0 Å². The summed E-state index contributed by atoms with van der Waals surface area (Å²) in [7, 11) is 0. The summed E-state index contributed by atoms with van der Waals surface area (Å²) in [6.45, 7) is 15.5. The lowest BCUT2D eigenvalue weighted by atomic mass is 9.96. The predicted molar refractivity (Wildman–Crippen MR) is 132 cm³/mol. The molecule has 0 fully saturated rings. The molecule has 0 saturated carbocycles. The molecule has 7 heteroatoms. The van der Waals surface area contributed by atoms with E-state index in [4.69, 9.17) is 4.74 Å². The predicted octanol–water partition coefficient (Wildman–Crippen LogP) is 4.80. The molecule has 0 aliphatic rings. The Bertz CT molecular complexity index is 801. The van der Waals surface area contributed by atoms with Crippen LogP contribution in [0, 0.1) is 13.8 Å². The van der Waals surface area contributed by atoms with E-state index in [0.29, 0.717) is 6.54 Å². The van der Waals surface area contributed by atoms with Gasteiger partial charge in [-0.3, -0.25) is 9.59 Å². The molecule has 2 atom stereocenters. The van der Waals surface area contributed by atoms with Gasteiger partial charge in [0.1, 0.15) is 18.2 Å². The number of ether oxygens (including phenoxy) is 1. The van der Waals surface area contributed by atoms with Crippen molar-refractivity contribution >= 4 is 17.9 Å². The van der Waals surface area contributed by atoms with Crippen LogP contribution in [0.2, 0.25) is 0 Å². The average molecular weight is 462 g/mol. The fourth-order valence-corrected chi connectivity index (χ4v) is 3.62. The average Bonchev–Trinajstić information content (AvgIpc) is 2.70. The van der Waals surface area contributed by atoms with Crippen LogP contribution in [0.5, 0.6) is 0 Å². The Balaban J connectivity index is 3.27. The Labute approximate surface area is 199 Å². The third kappa shape index (κ3) is 9.84. The van der Waals surface area contributed by atoms with Crippen molar-refractivity contribution in [2.24, 2.45) is 0 Å². The second-order valence-corrected chi connectivity index (χ2v) is 9.76. The summed E-state index contributed by atoms with van der Waals surface area (Å²) in [5.74, 6) is -0.523. The van der Waals surface area contributed by atoms with Gasteiger partial charge in [-0.1, -0.05) is 50.5 Å². The number of unbranched alkanes of at least 4 members (excludes halogenated alkanes) is 1. The van der Waals surface area contributed by atoms with E-state index in [9.17, 15) is 14.4 Å². The summed E-state index contributed by atoms with van der Waals surface area (Å²) in [5, 5.41) is 5.63. The van der Waals surface area contributed by atoms with Gasteiger partial charge in [0, 0.05) is 12.6 Å². The second kappa shape index (κ2) is 13.2. The van der Waals surface area contributed by atoms with E-state index in [-0.39, 0.29) is 24.4 Å². The van der Waals surface area contributed by atoms with Crippen LogP contribution in [-0.2, 0) is 14.3 Å². The molecule has 0 aromatic heterocycles. The molecule has 2 unspecified atom stereocenters. The number of carbonyl (C=O) groups excluding carboxylic acids is 3. The smallest absolute Gasteiger partial charge is 0.408 e. The molecule has 1 aromatic carbocycles. The van der Waals surface area contributed by atoms with Gasteiger partial charge in [-0.05, 0) is 65.5 Å². The Morgan fingerprint density at radius 3 is 2.33 bits per heavy atom. The lowest BCUT2D eigenvalue weighted by Crippen LogP contribution is -2.49. The zero-order valence-electron chi connectivity index (χ0n) is 21.7. The second-order valence-electron chi connectivity index (χ2n) is 9.76. The first-order valence-electron chi connectivity index (χ1n) is 12.0. The molecule has 0 spiro atoms. The molecule has 7 nitrogen and oxygen atoms in total. The largest absolute Gasteiger partial charge is 0.444 e. The number of nitrogens with zero attached hydrogens (tertiary/aromatic N) is 1. The van der Waals surface area contributed by atoms with Crippen molar-refractivity contribution in [1.82, 2.24) is 15.5 Å². The van der Waals surface area contributed by atoms with Crippen molar-refractivity contribution in [1.29, 1.82) is 0 Å². The first kappa shape index (κ1) is 28.5. The summed E-state index contributed by atoms with van der Waals surface area (Å²) in [5.41, 5.74) is 2.10. The Hall–Kier alpha value is -2.57. The summed E-state index contributed by atoms with van der Waals surface area (Å²) < 4.78 is 5.26. The number of carbonyl (C=O) groups is 3. The van der Waals surface area contributed by atoms with Crippen LogP contribution < -0.4 is 10.6 Å². The van der Waals surface area contributed by atoms with Gasteiger partial charge in [-0.2, -0.15) is 0 Å². The van der Waals surface area contributed by atoms with E-state index in [0.717, 1.165) is 42.4 Å². The summed E-state index contributed by atoms with van der Waals surface area (Å²) in [6, 6.07) is 5.16.